The first-order valence-corrected chi connectivity index (χ1v) is 11.1. The molecule has 2 aromatic carbocycles. The Kier molecular flexibility index (Phi) is 6.87. The third kappa shape index (κ3) is 5.58. The van der Waals surface area contributed by atoms with Crippen molar-refractivity contribution in [2.24, 2.45) is 4.99 Å². The van der Waals surface area contributed by atoms with Crippen molar-refractivity contribution in [3.05, 3.63) is 82.8 Å². The fraction of sp³-hybridized carbons (Fsp3) is 0.231. The number of aryl methyl sites for hydroxylation is 3. The summed E-state index contributed by atoms with van der Waals surface area (Å²) in [4.78, 5) is 29.6. The van der Waals surface area contributed by atoms with Crippen LogP contribution >= 0.6 is 0 Å². The minimum atomic E-state index is -0.254. The van der Waals surface area contributed by atoms with E-state index in [0.717, 1.165) is 39.2 Å². The lowest BCUT2D eigenvalue weighted by Crippen LogP contribution is -2.37. The molecule has 0 radical (unpaired) electrons. The number of methoxy groups -OCH3 is 1. The number of guanidine groups is 1. The fourth-order valence-corrected chi connectivity index (χ4v) is 3.74. The van der Waals surface area contributed by atoms with Crippen LogP contribution in [0.15, 0.2) is 59.7 Å². The monoisotopic (exact) mass is 456 g/mol. The van der Waals surface area contributed by atoms with E-state index in [4.69, 9.17) is 4.74 Å². The summed E-state index contributed by atoms with van der Waals surface area (Å²) in [7, 11) is 1.65. The number of carbonyl (C=O) groups excluding carboxylic acids is 1. The number of aliphatic imine (C=N–C) groups is 1. The molecule has 34 heavy (non-hydrogen) atoms. The predicted octanol–water partition coefficient (Wildman–Crippen LogP) is 4.33. The lowest BCUT2D eigenvalue weighted by Gasteiger charge is -2.12. The molecule has 8 heteroatoms. The van der Waals surface area contributed by atoms with E-state index in [1.807, 2.05) is 69.4 Å². The Morgan fingerprint density at radius 2 is 1.85 bits per heavy atom. The Morgan fingerprint density at radius 3 is 2.59 bits per heavy atom. The van der Waals surface area contributed by atoms with E-state index in [2.05, 4.69) is 30.6 Å². The second kappa shape index (κ2) is 10.2. The lowest BCUT2D eigenvalue weighted by atomic mass is 10.1. The number of rotatable bonds is 6. The standard InChI is InChI=1S/C26H28N6O2/c1-16-6-5-7-19(12-16)24(33)31-25(32-26-29-17(2)13-18(3)30-26)27-11-10-20-15-28-23-9-8-21(34-4)14-22(20)23/h5-9,12-15,28H,10-11H2,1-4H3,(H2,27,29,30,31,32,33). The van der Waals surface area contributed by atoms with Crippen molar-refractivity contribution in [2.45, 2.75) is 27.2 Å². The van der Waals surface area contributed by atoms with Crippen LogP contribution < -0.4 is 15.4 Å². The quantitative estimate of drug-likeness (QED) is 0.296. The van der Waals surface area contributed by atoms with E-state index in [0.29, 0.717) is 30.4 Å². The van der Waals surface area contributed by atoms with Gasteiger partial charge in [0.15, 0.2) is 0 Å². The van der Waals surface area contributed by atoms with E-state index in [9.17, 15) is 4.79 Å². The summed E-state index contributed by atoms with van der Waals surface area (Å²) in [5, 5.41) is 7.04. The number of amides is 1. The molecule has 3 N–H and O–H groups in total. The minimum absolute atomic E-state index is 0.254. The molecule has 8 nitrogen and oxygen atoms in total. The van der Waals surface area contributed by atoms with Crippen LogP contribution in [0.2, 0.25) is 0 Å². The van der Waals surface area contributed by atoms with Crippen molar-refractivity contribution in [3.63, 3.8) is 0 Å². The lowest BCUT2D eigenvalue weighted by molar-refractivity contribution is 0.0977. The number of anilines is 1. The molecule has 4 rings (SSSR count). The molecular weight excluding hydrogens is 428 g/mol. The van der Waals surface area contributed by atoms with Gasteiger partial charge in [-0.05, 0) is 69.2 Å². The zero-order valence-corrected chi connectivity index (χ0v) is 19.8. The topological polar surface area (TPSA) is 104 Å². The molecular formula is C26H28N6O2. The molecule has 0 saturated heterocycles. The predicted molar refractivity (Wildman–Crippen MR) is 135 cm³/mol. The zero-order chi connectivity index (χ0) is 24.1. The fourth-order valence-electron chi connectivity index (χ4n) is 3.74. The number of H-pyrrole nitrogens is 1. The second-order valence-corrected chi connectivity index (χ2v) is 8.13. The molecule has 0 unspecified atom stereocenters. The maximum absolute atomic E-state index is 12.9. The molecule has 2 aromatic heterocycles. The average Bonchev–Trinajstić information content (AvgIpc) is 3.20. The molecule has 2 heterocycles. The van der Waals surface area contributed by atoms with E-state index in [1.54, 1.807) is 13.2 Å². The van der Waals surface area contributed by atoms with Crippen molar-refractivity contribution >= 4 is 28.7 Å². The van der Waals surface area contributed by atoms with Crippen LogP contribution in [0.5, 0.6) is 5.75 Å². The largest absolute Gasteiger partial charge is 0.497 e. The summed E-state index contributed by atoms with van der Waals surface area (Å²) in [5.41, 5.74) is 5.37. The van der Waals surface area contributed by atoms with Gasteiger partial charge in [-0.25, -0.2) is 9.97 Å². The zero-order valence-electron chi connectivity index (χ0n) is 19.8. The van der Waals surface area contributed by atoms with E-state index >= 15 is 0 Å². The number of benzene rings is 2. The molecule has 0 spiro atoms. The summed E-state index contributed by atoms with van der Waals surface area (Å²) < 4.78 is 5.36. The number of nitrogens with one attached hydrogen (secondary N) is 3. The maximum atomic E-state index is 12.9. The third-order valence-electron chi connectivity index (χ3n) is 5.35. The van der Waals surface area contributed by atoms with Gasteiger partial charge in [-0.15, -0.1) is 0 Å². The van der Waals surface area contributed by atoms with Crippen LogP contribution in [0.25, 0.3) is 10.9 Å². The van der Waals surface area contributed by atoms with Crippen LogP contribution in [0.1, 0.15) is 32.9 Å². The summed E-state index contributed by atoms with van der Waals surface area (Å²) in [6.07, 6.45) is 2.65. The molecule has 0 atom stereocenters. The van der Waals surface area contributed by atoms with Gasteiger partial charge < -0.3 is 9.72 Å². The number of hydrogen-bond donors (Lipinski definition) is 3. The molecule has 1 amide bonds. The van der Waals surface area contributed by atoms with Crippen molar-refractivity contribution in [1.82, 2.24) is 20.3 Å². The first kappa shape index (κ1) is 23.0. The SMILES string of the molecule is COc1ccc2[nH]cc(CCN=C(NC(=O)c3cccc(C)c3)Nc3nc(C)cc(C)n3)c2c1. The van der Waals surface area contributed by atoms with Crippen molar-refractivity contribution < 1.29 is 9.53 Å². The Balaban J connectivity index is 1.55. The summed E-state index contributed by atoms with van der Waals surface area (Å²) in [6, 6.07) is 15.2. The molecule has 0 bridgehead atoms. The number of ether oxygens (including phenoxy) is 1. The first-order chi connectivity index (χ1) is 16.4. The Labute approximate surface area is 198 Å². The van der Waals surface area contributed by atoms with Gasteiger partial charge in [0, 0.05) is 40.6 Å². The second-order valence-electron chi connectivity index (χ2n) is 8.13. The van der Waals surface area contributed by atoms with Crippen molar-refractivity contribution in [3.8, 4) is 5.75 Å². The Bertz CT molecular complexity index is 1340. The van der Waals surface area contributed by atoms with Gasteiger partial charge in [0.1, 0.15) is 5.75 Å². The van der Waals surface area contributed by atoms with Gasteiger partial charge in [0.25, 0.3) is 5.91 Å². The molecule has 0 aliphatic rings. The summed E-state index contributed by atoms with van der Waals surface area (Å²) in [6.45, 7) is 6.19. The van der Waals surface area contributed by atoms with Gasteiger partial charge in [-0.2, -0.15) is 0 Å². The van der Waals surface area contributed by atoms with Crippen LogP contribution in [0, 0.1) is 20.8 Å². The molecule has 0 saturated carbocycles. The van der Waals surface area contributed by atoms with Crippen LogP contribution in [0.4, 0.5) is 5.95 Å². The normalized spacial score (nSPS) is 11.5. The smallest absolute Gasteiger partial charge is 0.257 e. The number of fused-ring (bicyclic) bond motifs is 1. The van der Waals surface area contributed by atoms with E-state index in [-0.39, 0.29) is 5.91 Å². The van der Waals surface area contributed by atoms with Gasteiger partial charge in [-0.3, -0.25) is 20.4 Å². The van der Waals surface area contributed by atoms with E-state index in [1.165, 1.54) is 0 Å². The van der Waals surface area contributed by atoms with Crippen LogP contribution in [-0.2, 0) is 6.42 Å². The Morgan fingerprint density at radius 1 is 1.06 bits per heavy atom. The number of aromatic nitrogens is 3. The number of carbonyl (C=O) groups is 1. The average molecular weight is 457 g/mol. The molecule has 0 aliphatic heterocycles. The number of hydrogen-bond acceptors (Lipinski definition) is 5. The highest BCUT2D eigenvalue weighted by Gasteiger charge is 2.12. The van der Waals surface area contributed by atoms with Crippen molar-refractivity contribution in [1.29, 1.82) is 0 Å². The van der Waals surface area contributed by atoms with Gasteiger partial charge in [0.2, 0.25) is 11.9 Å². The van der Waals surface area contributed by atoms with Crippen LogP contribution in [-0.4, -0.2) is 40.5 Å². The molecule has 0 aliphatic carbocycles. The highest BCUT2D eigenvalue weighted by Crippen LogP contribution is 2.24. The third-order valence-corrected chi connectivity index (χ3v) is 5.35. The summed E-state index contributed by atoms with van der Waals surface area (Å²) in [5.74, 6) is 1.24. The maximum Gasteiger partial charge on any atom is 0.257 e. The van der Waals surface area contributed by atoms with Gasteiger partial charge >= 0.3 is 0 Å². The van der Waals surface area contributed by atoms with Gasteiger partial charge in [-0.1, -0.05) is 17.7 Å². The van der Waals surface area contributed by atoms with Crippen molar-refractivity contribution in [2.75, 3.05) is 19.0 Å². The minimum Gasteiger partial charge on any atom is -0.497 e. The highest BCUT2D eigenvalue weighted by atomic mass is 16.5. The summed E-state index contributed by atoms with van der Waals surface area (Å²) >= 11 is 0. The van der Waals surface area contributed by atoms with Gasteiger partial charge in [0.05, 0.1) is 7.11 Å². The number of aromatic amines is 1. The highest BCUT2D eigenvalue weighted by molar-refractivity contribution is 6.09. The molecule has 174 valence electrons. The number of nitrogens with zero attached hydrogens (tertiary/aromatic N) is 3. The van der Waals surface area contributed by atoms with Crippen LogP contribution in [0.3, 0.4) is 0 Å². The Hall–Kier alpha value is -4.20. The molecule has 4 aromatic rings. The molecule has 0 fully saturated rings. The first-order valence-electron chi connectivity index (χ1n) is 11.1. The van der Waals surface area contributed by atoms with E-state index < -0.39 is 0 Å².